The normalized spacial score (nSPS) is 11.3. The fraction of sp³-hybridized carbons (Fsp3) is 0.0952. The van der Waals surface area contributed by atoms with Crippen LogP contribution in [0.4, 0.5) is 5.13 Å². The van der Waals surface area contributed by atoms with Crippen molar-refractivity contribution in [3.63, 3.8) is 0 Å². The van der Waals surface area contributed by atoms with E-state index < -0.39 is 17.1 Å². The number of hydrogen-bond acceptors (Lipinski definition) is 7. The number of aliphatic imine (C=N–C) groups is 1. The maximum atomic E-state index is 12.5. The van der Waals surface area contributed by atoms with Gasteiger partial charge in [0, 0.05) is 16.3 Å². The second-order valence-electron chi connectivity index (χ2n) is 6.47. The van der Waals surface area contributed by atoms with E-state index in [4.69, 9.17) is 0 Å². The van der Waals surface area contributed by atoms with Gasteiger partial charge in [0.2, 0.25) is 11.0 Å². The number of halogens is 1. The standard InChI is InChI=1S/C21H16BrN5O3S/c1-2-12-10-14(22)8-9-16(12)27-19(29)15(17(28)24-21(27)30)11-23-20-26-25-18(31-20)13-6-4-3-5-7-13/h3-11,29H,2H2,1H3,(H,24,28,30). The predicted octanol–water partition coefficient (Wildman–Crippen LogP) is 3.83. The maximum Gasteiger partial charge on any atom is 0.335 e. The molecular weight excluding hydrogens is 482 g/mol. The van der Waals surface area contributed by atoms with Gasteiger partial charge in [-0.05, 0) is 30.2 Å². The molecule has 0 amide bonds. The Labute approximate surface area is 188 Å². The Morgan fingerprint density at radius 2 is 1.97 bits per heavy atom. The monoisotopic (exact) mass is 497 g/mol. The zero-order chi connectivity index (χ0) is 22.0. The van der Waals surface area contributed by atoms with Crippen molar-refractivity contribution in [2.75, 3.05) is 0 Å². The predicted molar refractivity (Wildman–Crippen MR) is 124 cm³/mol. The van der Waals surface area contributed by atoms with Crippen LogP contribution in [0.2, 0.25) is 0 Å². The van der Waals surface area contributed by atoms with Gasteiger partial charge in [0.25, 0.3) is 5.56 Å². The summed E-state index contributed by atoms with van der Waals surface area (Å²) >= 11 is 4.64. The molecule has 156 valence electrons. The lowest BCUT2D eigenvalue weighted by molar-refractivity contribution is 0.429. The zero-order valence-electron chi connectivity index (χ0n) is 16.2. The molecule has 0 radical (unpaired) electrons. The van der Waals surface area contributed by atoms with Crippen LogP contribution in [0.5, 0.6) is 5.88 Å². The first-order chi connectivity index (χ1) is 15.0. The summed E-state index contributed by atoms with van der Waals surface area (Å²) in [5, 5.41) is 19.9. The lowest BCUT2D eigenvalue weighted by Crippen LogP contribution is -2.31. The Balaban J connectivity index is 1.75. The van der Waals surface area contributed by atoms with Crippen molar-refractivity contribution in [3.05, 3.63) is 85.0 Å². The number of aromatic nitrogens is 4. The third-order valence-electron chi connectivity index (χ3n) is 4.52. The van der Waals surface area contributed by atoms with Crippen molar-refractivity contribution >= 4 is 38.6 Å². The zero-order valence-corrected chi connectivity index (χ0v) is 18.6. The van der Waals surface area contributed by atoms with Gasteiger partial charge in [0.1, 0.15) is 10.6 Å². The Morgan fingerprint density at radius 1 is 1.19 bits per heavy atom. The van der Waals surface area contributed by atoms with Gasteiger partial charge >= 0.3 is 5.69 Å². The lowest BCUT2D eigenvalue weighted by Gasteiger charge is -2.13. The summed E-state index contributed by atoms with van der Waals surface area (Å²) in [5.41, 5.74) is 0.559. The second kappa shape index (κ2) is 8.78. The van der Waals surface area contributed by atoms with Gasteiger partial charge < -0.3 is 5.11 Å². The van der Waals surface area contributed by atoms with Gasteiger partial charge in [-0.3, -0.25) is 9.78 Å². The number of aromatic hydroxyl groups is 1. The minimum absolute atomic E-state index is 0.152. The van der Waals surface area contributed by atoms with E-state index in [1.54, 1.807) is 12.1 Å². The van der Waals surface area contributed by atoms with Gasteiger partial charge in [0.05, 0.1) is 5.69 Å². The lowest BCUT2D eigenvalue weighted by atomic mass is 10.1. The third-order valence-corrected chi connectivity index (χ3v) is 5.90. The summed E-state index contributed by atoms with van der Waals surface area (Å²) in [4.78, 5) is 31.2. The second-order valence-corrected chi connectivity index (χ2v) is 8.34. The van der Waals surface area contributed by atoms with E-state index in [1.165, 1.54) is 17.6 Å². The Morgan fingerprint density at radius 3 is 2.71 bits per heavy atom. The summed E-state index contributed by atoms with van der Waals surface area (Å²) in [5.74, 6) is -0.498. The molecule has 0 atom stereocenters. The highest BCUT2D eigenvalue weighted by atomic mass is 79.9. The Kier molecular flexibility index (Phi) is 5.92. The summed E-state index contributed by atoms with van der Waals surface area (Å²) in [6.45, 7) is 1.93. The molecule has 0 saturated carbocycles. The number of aryl methyl sites for hydroxylation is 1. The number of rotatable bonds is 5. The van der Waals surface area contributed by atoms with Crippen LogP contribution >= 0.6 is 27.3 Å². The number of benzene rings is 2. The highest BCUT2D eigenvalue weighted by Gasteiger charge is 2.17. The molecule has 0 spiro atoms. The highest BCUT2D eigenvalue weighted by Crippen LogP contribution is 2.28. The molecule has 4 aromatic rings. The van der Waals surface area contributed by atoms with E-state index in [-0.39, 0.29) is 5.56 Å². The number of H-pyrrole nitrogens is 1. The molecule has 10 heteroatoms. The summed E-state index contributed by atoms with van der Waals surface area (Å²) in [7, 11) is 0. The van der Waals surface area contributed by atoms with Crippen molar-refractivity contribution in [1.82, 2.24) is 19.7 Å². The van der Waals surface area contributed by atoms with E-state index in [9.17, 15) is 14.7 Å². The minimum atomic E-state index is -0.745. The van der Waals surface area contributed by atoms with Crippen LogP contribution in [0, 0.1) is 0 Å². The fourth-order valence-electron chi connectivity index (χ4n) is 3.02. The van der Waals surface area contributed by atoms with Crippen molar-refractivity contribution in [3.8, 4) is 22.1 Å². The van der Waals surface area contributed by atoms with Crippen molar-refractivity contribution in [2.24, 2.45) is 4.99 Å². The van der Waals surface area contributed by atoms with Crippen LogP contribution in [0.1, 0.15) is 18.1 Å². The molecule has 31 heavy (non-hydrogen) atoms. The average Bonchev–Trinajstić information content (AvgIpc) is 3.24. The Bertz CT molecular complexity index is 1390. The molecule has 2 N–H and O–H groups in total. The molecule has 0 saturated heterocycles. The van der Waals surface area contributed by atoms with Crippen molar-refractivity contribution < 1.29 is 5.11 Å². The van der Waals surface area contributed by atoms with Crippen LogP contribution in [-0.4, -0.2) is 31.1 Å². The van der Waals surface area contributed by atoms with Crippen LogP contribution < -0.4 is 11.2 Å². The maximum absolute atomic E-state index is 12.5. The topological polar surface area (TPSA) is 113 Å². The van der Waals surface area contributed by atoms with Crippen LogP contribution in [0.3, 0.4) is 0 Å². The van der Waals surface area contributed by atoms with E-state index in [1.807, 2.05) is 43.3 Å². The van der Waals surface area contributed by atoms with Crippen molar-refractivity contribution in [1.29, 1.82) is 0 Å². The molecule has 0 bridgehead atoms. The molecule has 0 aliphatic heterocycles. The Hall–Kier alpha value is -3.37. The number of nitrogens with zero attached hydrogens (tertiary/aromatic N) is 4. The van der Waals surface area contributed by atoms with Gasteiger partial charge in [-0.15, -0.1) is 10.2 Å². The molecule has 4 rings (SSSR count). The number of aromatic amines is 1. The van der Waals surface area contributed by atoms with Gasteiger partial charge in [-0.1, -0.05) is 64.5 Å². The first-order valence-electron chi connectivity index (χ1n) is 9.28. The van der Waals surface area contributed by atoms with E-state index in [0.717, 1.165) is 20.2 Å². The molecule has 2 aromatic carbocycles. The van der Waals surface area contributed by atoms with Crippen LogP contribution in [0.25, 0.3) is 16.3 Å². The molecule has 8 nitrogen and oxygen atoms in total. The summed E-state index contributed by atoms with van der Waals surface area (Å²) in [6, 6.07) is 14.8. The molecule has 0 aliphatic rings. The third kappa shape index (κ3) is 4.25. The average molecular weight is 498 g/mol. The van der Waals surface area contributed by atoms with Crippen molar-refractivity contribution in [2.45, 2.75) is 13.3 Å². The van der Waals surface area contributed by atoms with Crippen LogP contribution in [0.15, 0.2) is 67.6 Å². The number of hydrogen-bond donors (Lipinski definition) is 2. The largest absolute Gasteiger partial charge is 0.493 e. The molecule has 2 aromatic heterocycles. The van der Waals surface area contributed by atoms with E-state index >= 15 is 0 Å². The quantitative estimate of drug-likeness (QED) is 0.406. The van der Waals surface area contributed by atoms with Gasteiger partial charge in [-0.2, -0.15) is 0 Å². The minimum Gasteiger partial charge on any atom is -0.493 e. The fourth-order valence-corrected chi connectivity index (χ4v) is 4.12. The molecule has 2 heterocycles. The highest BCUT2D eigenvalue weighted by molar-refractivity contribution is 9.10. The van der Waals surface area contributed by atoms with Gasteiger partial charge in [0.15, 0.2) is 0 Å². The van der Waals surface area contributed by atoms with E-state index in [0.29, 0.717) is 22.2 Å². The summed E-state index contributed by atoms with van der Waals surface area (Å²) in [6.07, 6.45) is 1.81. The SMILES string of the molecule is CCc1cc(Br)ccc1-n1c(O)c(C=Nc2nnc(-c3ccccc3)s2)c(=O)[nH]c1=O. The van der Waals surface area contributed by atoms with Crippen LogP contribution in [-0.2, 0) is 6.42 Å². The van der Waals surface area contributed by atoms with E-state index in [2.05, 4.69) is 36.1 Å². The van der Waals surface area contributed by atoms with Gasteiger partial charge in [-0.25, -0.2) is 14.4 Å². The molecule has 0 unspecified atom stereocenters. The molecule has 0 aliphatic carbocycles. The molecule has 0 fully saturated rings. The number of nitrogens with one attached hydrogen (secondary N) is 1. The summed E-state index contributed by atoms with van der Waals surface area (Å²) < 4.78 is 1.90. The molecular formula is C21H16BrN5O3S. The smallest absolute Gasteiger partial charge is 0.335 e. The first kappa shape index (κ1) is 20.9. The first-order valence-corrected chi connectivity index (χ1v) is 10.9.